The van der Waals surface area contributed by atoms with Gasteiger partial charge in [-0.3, -0.25) is 0 Å². The topological polar surface area (TPSA) is 56.8 Å². The summed E-state index contributed by atoms with van der Waals surface area (Å²) in [6.45, 7) is 2.21. The Morgan fingerprint density at radius 2 is 1.80 bits per heavy atom. The Kier molecular flexibility index (Phi) is 8.68. The number of benzene rings is 2. The van der Waals surface area contributed by atoms with Gasteiger partial charge in [-0.15, -0.1) is 0 Å². The Balaban J connectivity index is 1.88. The molecule has 30 heavy (non-hydrogen) atoms. The molecule has 164 valence electrons. The average molecular weight is 425 g/mol. The van der Waals surface area contributed by atoms with Gasteiger partial charge in [-0.1, -0.05) is 24.3 Å². The first-order valence-electron chi connectivity index (χ1n) is 9.44. The molecule has 5 nitrogen and oxygen atoms in total. The SMILES string of the molecule is COC(=O)COc1ccc(CC(C)NCC(OC)c2cccc(C(F)(F)F)c2)cc1. The maximum atomic E-state index is 12.9. The van der Waals surface area contributed by atoms with Gasteiger partial charge in [0.1, 0.15) is 5.75 Å². The summed E-state index contributed by atoms with van der Waals surface area (Å²) in [5.74, 6) is 0.110. The van der Waals surface area contributed by atoms with Crippen LogP contribution in [0, 0.1) is 0 Å². The Labute approximate surface area is 174 Å². The Hall–Kier alpha value is -2.58. The summed E-state index contributed by atoms with van der Waals surface area (Å²) >= 11 is 0. The molecule has 2 aromatic carbocycles. The summed E-state index contributed by atoms with van der Waals surface area (Å²) in [6, 6.07) is 12.6. The second-order valence-electron chi connectivity index (χ2n) is 6.87. The van der Waals surface area contributed by atoms with Gasteiger partial charge >= 0.3 is 12.1 Å². The summed E-state index contributed by atoms with van der Waals surface area (Å²) in [6.07, 6.45) is -4.18. The molecule has 0 bridgehead atoms. The van der Waals surface area contributed by atoms with Crippen LogP contribution in [0.5, 0.6) is 5.75 Å². The zero-order valence-corrected chi connectivity index (χ0v) is 17.2. The van der Waals surface area contributed by atoms with Gasteiger partial charge in [-0.05, 0) is 48.7 Å². The van der Waals surface area contributed by atoms with Crippen LogP contribution in [0.1, 0.15) is 29.7 Å². The minimum Gasteiger partial charge on any atom is -0.482 e. The fraction of sp³-hybridized carbons (Fsp3) is 0.409. The smallest absolute Gasteiger partial charge is 0.416 e. The van der Waals surface area contributed by atoms with E-state index in [0.717, 1.165) is 17.7 Å². The number of nitrogens with one attached hydrogen (secondary N) is 1. The van der Waals surface area contributed by atoms with E-state index >= 15 is 0 Å². The molecule has 1 N–H and O–H groups in total. The molecule has 0 amide bonds. The van der Waals surface area contributed by atoms with Crippen molar-refractivity contribution in [3.63, 3.8) is 0 Å². The molecule has 2 rings (SSSR count). The summed E-state index contributed by atoms with van der Waals surface area (Å²) in [5, 5.41) is 3.30. The predicted octanol–water partition coefficient (Wildman–Crippen LogP) is 4.17. The maximum absolute atomic E-state index is 12.9. The number of methoxy groups -OCH3 is 2. The molecule has 0 heterocycles. The van der Waals surface area contributed by atoms with Crippen LogP contribution in [0.2, 0.25) is 0 Å². The van der Waals surface area contributed by atoms with Gasteiger partial charge in [0.15, 0.2) is 6.61 Å². The van der Waals surface area contributed by atoms with Crippen LogP contribution < -0.4 is 10.1 Å². The number of esters is 1. The molecule has 8 heteroatoms. The van der Waals surface area contributed by atoms with Crippen molar-refractivity contribution in [3.8, 4) is 5.75 Å². The maximum Gasteiger partial charge on any atom is 0.416 e. The standard InChI is InChI=1S/C22H26F3NO4/c1-15(11-16-7-9-19(10-8-16)30-14-21(27)29-3)26-13-20(28-2)17-5-4-6-18(12-17)22(23,24)25/h4-10,12,15,20,26H,11,13-14H2,1-3H3. The molecule has 0 radical (unpaired) electrons. The van der Waals surface area contributed by atoms with Crippen molar-refractivity contribution < 1.29 is 32.2 Å². The van der Waals surface area contributed by atoms with Gasteiger partial charge in [0.05, 0.1) is 18.8 Å². The summed E-state index contributed by atoms with van der Waals surface area (Å²) < 4.78 is 54.0. The van der Waals surface area contributed by atoms with Crippen LogP contribution in [0.15, 0.2) is 48.5 Å². The van der Waals surface area contributed by atoms with Crippen LogP contribution >= 0.6 is 0 Å². The third kappa shape index (κ3) is 7.35. The molecule has 2 atom stereocenters. The van der Waals surface area contributed by atoms with E-state index in [9.17, 15) is 18.0 Å². The highest BCUT2D eigenvalue weighted by molar-refractivity contribution is 5.70. The largest absolute Gasteiger partial charge is 0.482 e. The van der Waals surface area contributed by atoms with Gasteiger partial charge in [-0.2, -0.15) is 13.2 Å². The average Bonchev–Trinajstić information content (AvgIpc) is 2.73. The summed E-state index contributed by atoms with van der Waals surface area (Å²) in [4.78, 5) is 11.1. The lowest BCUT2D eigenvalue weighted by Gasteiger charge is -2.21. The normalized spacial score (nSPS) is 13.5. The lowest BCUT2D eigenvalue weighted by atomic mass is 10.0. The van der Waals surface area contributed by atoms with Crippen molar-refractivity contribution in [3.05, 3.63) is 65.2 Å². The van der Waals surface area contributed by atoms with Crippen LogP contribution in [0.3, 0.4) is 0 Å². The van der Waals surface area contributed by atoms with Gasteiger partial charge in [-0.25, -0.2) is 4.79 Å². The molecule has 0 aliphatic rings. The van der Waals surface area contributed by atoms with E-state index in [4.69, 9.17) is 9.47 Å². The van der Waals surface area contributed by atoms with Crippen LogP contribution in [-0.2, 0) is 26.9 Å². The third-order valence-corrected chi connectivity index (χ3v) is 4.57. The number of carbonyl (C=O) groups is 1. The van der Waals surface area contributed by atoms with Crippen LogP contribution in [0.25, 0.3) is 0 Å². The van der Waals surface area contributed by atoms with Gasteiger partial charge in [0.25, 0.3) is 0 Å². The minimum absolute atomic E-state index is 0.0651. The minimum atomic E-state index is -4.39. The predicted molar refractivity (Wildman–Crippen MR) is 106 cm³/mol. The lowest BCUT2D eigenvalue weighted by molar-refractivity contribution is -0.143. The molecule has 0 saturated heterocycles. The number of hydrogen-bond donors (Lipinski definition) is 1. The van der Waals surface area contributed by atoms with Crippen molar-refractivity contribution in [2.24, 2.45) is 0 Å². The van der Waals surface area contributed by atoms with Crippen LogP contribution in [-0.4, -0.2) is 39.4 Å². The highest BCUT2D eigenvalue weighted by Crippen LogP contribution is 2.31. The van der Waals surface area contributed by atoms with Crippen molar-refractivity contribution in [1.29, 1.82) is 0 Å². The monoisotopic (exact) mass is 425 g/mol. The van der Waals surface area contributed by atoms with Gasteiger partial charge < -0.3 is 19.5 Å². The van der Waals surface area contributed by atoms with E-state index < -0.39 is 23.8 Å². The summed E-state index contributed by atoms with van der Waals surface area (Å²) in [7, 11) is 2.77. The molecule has 0 spiro atoms. The second-order valence-corrected chi connectivity index (χ2v) is 6.87. The van der Waals surface area contributed by atoms with Crippen molar-refractivity contribution in [2.75, 3.05) is 27.4 Å². The number of rotatable bonds is 10. The Bertz CT molecular complexity index is 809. The Morgan fingerprint density at radius 3 is 2.40 bits per heavy atom. The molecule has 0 saturated carbocycles. The Morgan fingerprint density at radius 1 is 1.10 bits per heavy atom. The number of carbonyl (C=O) groups excluding carboxylic acids is 1. The van der Waals surface area contributed by atoms with E-state index in [0.29, 0.717) is 24.3 Å². The third-order valence-electron chi connectivity index (χ3n) is 4.57. The second kappa shape index (κ2) is 11.0. The van der Waals surface area contributed by atoms with E-state index in [1.165, 1.54) is 20.3 Å². The first kappa shape index (κ1) is 23.7. The fourth-order valence-electron chi connectivity index (χ4n) is 2.91. The zero-order valence-electron chi connectivity index (χ0n) is 17.2. The van der Waals surface area contributed by atoms with Crippen LogP contribution in [0.4, 0.5) is 13.2 Å². The number of hydrogen-bond acceptors (Lipinski definition) is 5. The van der Waals surface area contributed by atoms with E-state index in [-0.39, 0.29) is 12.6 Å². The van der Waals surface area contributed by atoms with E-state index in [1.807, 2.05) is 19.1 Å². The first-order chi connectivity index (χ1) is 14.2. The number of halogens is 3. The highest BCUT2D eigenvalue weighted by atomic mass is 19.4. The highest BCUT2D eigenvalue weighted by Gasteiger charge is 2.31. The molecular formula is C22H26F3NO4. The number of ether oxygens (including phenoxy) is 3. The molecule has 0 fully saturated rings. The van der Waals surface area contributed by atoms with Gasteiger partial charge in [0.2, 0.25) is 0 Å². The van der Waals surface area contributed by atoms with Gasteiger partial charge in [0, 0.05) is 19.7 Å². The van der Waals surface area contributed by atoms with Crippen molar-refractivity contribution in [1.82, 2.24) is 5.32 Å². The van der Waals surface area contributed by atoms with E-state index in [1.54, 1.807) is 18.2 Å². The van der Waals surface area contributed by atoms with Crippen molar-refractivity contribution >= 4 is 5.97 Å². The molecular weight excluding hydrogens is 399 g/mol. The molecule has 2 aromatic rings. The summed E-state index contributed by atoms with van der Waals surface area (Å²) in [5.41, 5.74) is 0.831. The number of alkyl halides is 3. The molecule has 0 aliphatic heterocycles. The molecule has 0 aliphatic carbocycles. The first-order valence-corrected chi connectivity index (χ1v) is 9.44. The fourth-order valence-corrected chi connectivity index (χ4v) is 2.91. The molecule has 0 aromatic heterocycles. The zero-order chi connectivity index (χ0) is 22.1. The van der Waals surface area contributed by atoms with Crippen molar-refractivity contribution in [2.45, 2.75) is 31.7 Å². The quantitative estimate of drug-likeness (QED) is 0.579. The van der Waals surface area contributed by atoms with E-state index in [2.05, 4.69) is 10.1 Å². The molecule has 2 unspecified atom stereocenters. The lowest BCUT2D eigenvalue weighted by Crippen LogP contribution is -2.32.